The number of hydrogen-bond donors (Lipinski definition) is 2. The van der Waals surface area contributed by atoms with Gasteiger partial charge in [0.2, 0.25) is 0 Å². The summed E-state index contributed by atoms with van der Waals surface area (Å²) in [5.41, 5.74) is 1.89. The summed E-state index contributed by atoms with van der Waals surface area (Å²) in [6.07, 6.45) is 2.37. The Morgan fingerprint density at radius 3 is 2.42 bits per heavy atom. The molecule has 7 heteroatoms. The number of nitrogens with one attached hydrogen (secondary N) is 2. The molecular formula is C24H26N4O3. The van der Waals surface area contributed by atoms with E-state index in [2.05, 4.69) is 41.7 Å². The molecule has 2 atom stereocenters. The molecule has 3 aromatic rings. The van der Waals surface area contributed by atoms with E-state index >= 15 is 0 Å². The molecule has 0 spiro atoms. The number of amides is 1. The maximum absolute atomic E-state index is 13.2. The summed E-state index contributed by atoms with van der Waals surface area (Å²) in [6, 6.07) is 18.3. The molecule has 1 aromatic heterocycles. The average molecular weight is 418 g/mol. The molecule has 1 unspecified atom stereocenters. The molecule has 1 aliphatic rings. The second kappa shape index (κ2) is 8.26. The Balaban J connectivity index is 1.65. The lowest BCUT2D eigenvalue weighted by Crippen LogP contribution is -2.39. The van der Waals surface area contributed by atoms with Crippen molar-refractivity contribution < 1.29 is 14.3 Å². The van der Waals surface area contributed by atoms with E-state index in [9.17, 15) is 9.59 Å². The van der Waals surface area contributed by atoms with Crippen molar-refractivity contribution in [2.45, 2.75) is 37.9 Å². The van der Waals surface area contributed by atoms with Gasteiger partial charge in [-0.05, 0) is 31.4 Å². The number of carbonyl (C=O) groups is 2. The van der Waals surface area contributed by atoms with Crippen molar-refractivity contribution in [3.8, 4) is 0 Å². The van der Waals surface area contributed by atoms with Crippen LogP contribution in [0.2, 0.25) is 0 Å². The molecule has 0 saturated heterocycles. The summed E-state index contributed by atoms with van der Waals surface area (Å²) in [5, 5.41) is 10.8. The topological polar surface area (TPSA) is 85.2 Å². The molecule has 0 aliphatic carbocycles. The fourth-order valence-electron chi connectivity index (χ4n) is 4.05. The smallest absolute Gasteiger partial charge is 0.333 e. The standard InChI is InChI=1S/C24H26N4O3/c1-24(2)14-19(16-10-6-4-7-11-16)26-21-18(15-25-28(21)24)22(29)27-20(23(30)31-3)17-12-8-5-9-13-17/h4-13,15,19-20,26H,14H2,1-3H3,(H,27,29)/t19?,20-/m0/s1. The molecular weight excluding hydrogens is 392 g/mol. The lowest BCUT2D eigenvalue weighted by Gasteiger charge is -2.38. The monoisotopic (exact) mass is 418 g/mol. The van der Waals surface area contributed by atoms with Gasteiger partial charge in [-0.15, -0.1) is 0 Å². The average Bonchev–Trinajstić information content (AvgIpc) is 3.23. The molecule has 4 rings (SSSR count). The van der Waals surface area contributed by atoms with Gasteiger partial charge in [0.1, 0.15) is 11.4 Å². The van der Waals surface area contributed by atoms with Gasteiger partial charge in [-0.25, -0.2) is 9.48 Å². The number of nitrogens with zero attached hydrogens (tertiary/aromatic N) is 2. The number of benzene rings is 2. The van der Waals surface area contributed by atoms with Crippen LogP contribution in [0.15, 0.2) is 66.9 Å². The van der Waals surface area contributed by atoms with Crippen molar-refractivity contribution in [2.24, 2.45) is 0 Å². The van der Waals surface area contributed by atoms with Gasteiger partial charge in [-0.2, -0.15) is 5.10 Å². The predicted molar refractivity (Wildman–Crippen MR) is 118 cm³/mol. The first kappa shape index (κ1) is 20.7. The lowest BCUT2D eigenvalue weighted by molar-refractivity contribution is -0.143. The Morgan fingerprint density at radius 1 is 1.13 bits per heavy atom. The second-order valence-corrected chi connectivity index (χ2v) is 8.28. The number of methoxy groups -OCH3 is 1. The van der Waals surface area contributed by atoms with Gasteiger partial charge in [-0.3, -0.25) is 4.79 Å². The summed E-state index contributed by atoms with van der Waals surface area (Å²) in [6.45, 7) is 4.20. The van der Waals surface area contributed by atoms with Crippen LogP contribution in [0.3, 0.4) is 0 Å². The third-order valence-corrected chi connectivity index (χ3v) is 5.65. The highest BCUT2D eigenvalue weighted by molar-refractivity contribution is 6.01. The first-order valence-electron chi connectivity index (χ1n) is 10.2. The zero-order chi connectivity index (χ0) is 22.0. The highest BCUT2D eigenvalue weighted by atomic mass is 16.5. The van der Waals surface area contributed by atoms with Gasteiger partial charge >= 0.3 is 5.97 Å². The highest BCUT2D eigenvalue weighted by Gasteiger charge is 2.37. The maximum atomic E-state index is 13.2. The first-order chi connectivity index (χ1) is 14.9. The Hall–Kier alpha value is -3.61. The number of carbonyl (C=O) groups excluding carboxylic acids is 2. The van der Waals surface area contributed by atoms with Gasteiger partial charge in [0.15, 0.2) is 6.04 Å². The summed E-state index contributed by atoms with van der Waals surface area (Å²) in [7, 11) is 1.31. The SMILES string of the molecule is COC(=O)[C@@H](NC(=O)c1cnn2c1NC(c1ccccc1)CC2(C)C)c1ccccc1. The molecule has 0 bridgehead atoms. The molecule has 0 saturated carbocycles. The molecule has 2 N–H and O–H groups in total. The van der Waals surface area contributed by atoms with Crippen molar-refractivity contribution in [3.63, 3.8) is 0 Å². The van der Waals surface area contributed by atoms with Gasteiger partial charge in [0.25, 0.3) is 5.91 Å². The van der Waals surface area contributed by atoms with Gasteiger partial charge in [0.05, 0.1) is 24.9 Å². The number of hydrogen-bond acceptors (Lipinski definition) is 5. The van der Waals surface area contributed by atoms with Crippen LogP contribution < -0.4 is 10.6 Å². The third-order valence-electron chi connectivity index (χ3n) is 5.65. The van der Waals surface area contributed by atoms with E-state index in [4.69, 9.17) is 4.74 Å². The van der Waals surface area contributed by atoms with Crippen LogP contribution in [-0.4, -0.2) is 28.8 Å². The Labute approximate surface area is 181 Å². The van der Waals surface area contributed by atoms with Crippen molar-refractivity contribution in [2.75, 3.05) is 12.4 Å². The number of anilines is 1. The number of rotatable bonds is 5. The normalized spacial score (nSPS) is 17.7. The quantitative estimate of drug-likeness (QED) is 0.616. The van der Waals surface area contributed by atoms with Crippen LogP contribution in [0.1, 0.15) is 53.8 Å². The fourth-order valence-corrected chi connectivity index (χ4v) is 4.05. The van der Waals surface area contributed by atoms with E-state index in [0.717, 1.165) is 12.0 Å². The fraction of sp³-hybridized carbons (Fsp3) is 0.292. The summed E-state index contributed by atoms with van der Waals surface area (Å²) >= 11 is 0. The third kappa shape index (κ3) is 4.03. The Morgan fingerprint density at radius 2 is 1.77 bits per heavy atom. The number of esters is 1. The maximum Gasteiger partial charge on any atom is 0.333 e. The van der Waals surface area contributed by atoms with Crippen LogP contribution in [0.25, 0.3) is 0 Å². The minimum Gasteiger partial charge on any atom is -0.467 e. The predicted octanol–water partition coefficient (Wildman–Crippen LogP) is 3.82. The van der Waals surface area contributed by atoms with Crippen molar-refractivity contribution in [3.05, 3.63) is 83.6 Å². The van der Waals surface area contributed by atoms with Crippen LogP contribution in [-0.2, 0) is 15.1 Å². The van der Waals surface area contributed by atoms with Crippen LogP contribution in [0.4, 0.5) is 5.82 Å². The van der Waals surface area contributed by atoms with E-state index in [0.29, 0.717) is 16.9 Å². The first-order valence-corrected chi connectivity index (χ1v) is 10.2. The zero-order valence-corrected chi connectivity index (χ0v) is 17.8. The van der Waals surface area contributed by atoms with Crippen LogP contribution in [0, 0.1) is 0 Å². The molecule has 160 valence electrons. The number of aromatic nitrogens is 2. The molecule has 31 heavy (non-hydrogen) atoms. The van der Waals surface area contributed by atoms with E-state index < -0.39 is 17.9 Å². The lowest BCUT2D eigenvalue weighted by atomic mass is 9.89. The Bertz CT molecular complexity index is 1080. The van der Waals surface area contributed by atoms with Gasteiger partial charge in [0, 0.05) is 0 Å². The highest BCUT2D eigenvalue weighted by Crippen LogP contribution is 2.39. The Kier molecular flexibility index (Phi) is 5.50. The molecule has 2 aromatic carbocycles. The minimum atomic E-state index is -0.907. The summed E-state index contributed by atoms with van der Waals surface area (Å²) in [5.74, 6) is -0.284. The largest absolute Gasteiger partial charge is 0.467 e. The summed E-state index contributed by atoms with van der Waals surface area (Å²) < 4.78 is 6.76. The zero-order valence-electron chi connectivity index (χ0n) is 17.8. The van der Waals surface area contributed by atoms with Gasteiger partial charge in [-0.1, -0.05) is 60.7 Å². The van der Waals surface area contributed by atoms with Crippen molar-refractivity contribution >= 4 is 17.7 Å². The molecule has 1 amide bonds. The minimum absolute atomic E-state index is 0.0393. The molecule has 1 aliphatic heterocycles. The number of ether oxygens (including phenoxy) is 1. The van der Waals surface area contributed by atoms with Gasteiger partial charge < -0.3 is 15.4 Å². The van der Waals surface area contributed by atoms with E-state index in [1.807, 2.05) is 41.1 Å². The van der Waals surface area contributed by atoms with Crippen molar-refractivity contribution in [1.82, 2.24) is 15.1 Å². The van der Waals surface area contributed by atoms with E-state index in [1.165, 1.54) is 7.11 Å². The molecule has 2 heterocycles. The van der Waals surface area contributed by atoms with Crippen molar-refractivity contribution in [1.29, 1.82) is 0 Å². The van der Waals surface area contributed by atoms with E-state index in [1.54, 1.807) is 18.3 Å². The second-order valence-electron chi connectivity index (χ2n) is 8.28. The van der Waals surface area contributed by atoms with E-state index in [-0.39, 0.29) is 11.6 Å². The molecule has 0 radical (unpaired) electrons. The number of fused-ring (bicyclic) bond motifs is 1. The van der Waals surface area contributed by atoms with Crippen LogP contribution in [0.5, 0.6) is 0 Å². The van der Waals surface area contributed by atoms with Crippen LogP contribution >= 0.6 is 0 Å². The molecule has 0 fully saturated rings. The summed E-state index contributed by atoms with van der Waals surface area (Å²) in [4.78, 5) is 25.6. The molecule has 7 nitrogen and oxygen atoms in total.